The third-order valence-electron chi connectivity index (χ3n) is 3.43. The zero-order chi connectivity index (χ0) is 17.8. The first-order valence-corrected chi connectivity index (χ1v) is 7.68. The number of nitrogens with one attached hydrogen (secondary N) is 3. The monoisotopic (exact) mass is 355 g/mol. The Hall–Kier alpha value is -3.32. The van der Waals surface area contributed by atoms with E-state index in [1.807, 2.05) is 0 Å². The number of aromatic nitrogens is 2. The maximum Gasteiger partial charge on any atom is 0.316 e. The first kappa shape index (κ1) is 16.5. The van der Waals surface area contributed by atoms with Gasteiger partial charge in [0.1, 0.15) is 0 Å². The number of halogens is 1. The molecule has 0 aliphatic heterocycles. The number of urea groups is 1. The third kappa shape index (κ3) is 3.96. The quantitative estimate of drug-likeness (QED) is 0.574. The Morgan fingerprint density at radius 1 is 0.960 bits per heavy atom. The van der Waals surface area contributed by atoms with Gasteiger partial charge in [-0.25, -0.2) is 4.79 Å². The first-order chi connectivity index (χ1) is 12.0. The number of anilines is 2. The molecular formula is C17H14ClN5O2. The van der Waals surface area contributed by atoms with Crippen molar-refractivity contribution in [1.82, 2.24) is 10.2 Å². The Bertz CT molecular complexity index is 904. The first-order valence-electron chi connectivity index (χ1n) is 7.30. The van der Waals surface area contributed by atoms with Crippen LogP contribution in [0.1, 0.15) is 10.4 Å². The molecular weight excluding hydrogens is 342 g/mol. The number of rotatable bonds is 4. The van der Waals surface area contributed by atoms with E-state index in [0.717, 1.165) is 5.56 Å². The van der Waals surface area contributed by atoms with Crippen LogP contribution in [0.2, 0.25) is 5.02 Å². The molecule has 0 aliphatic carbocycles. The van der Waals surface area contributed by atoms with E-state index in [2.05, 4.69) is 20.8 Å². The fraction of sp³-hybridized carbons (Fsp3) is 0. The van der Waals surface area contributed by atoms with E-state index in [1.165, 1.54) is 6.20 Å². The largest absolute Gasteiger partial charge is 0.351 e. The average molecular weight is 356 g/mol. The zero-order valence-electron chi connectivity index (χ0n) is 12.9. The molecule has 0 radical (unpaired) electrons. The Kier molecular flexibility index (Phi) is 4.67. The number of primary amides is 1. The van der Waals surface area contributed by atoms with Crippen LogP contribution >= 0.6 is 11.6 Å². The SMILES string of the molecule is NC(=O)Nc1ccc(NC(=O)c2cn[nH]c2-c2ccc(Cl)cc2)cc1. The minimum atomic E-state index is -0.650. The molecule has 0 saturated carbocycles. The van der Waals surface area contributed by atoms with Crippen LogP contribution in [0.3, 0.4) is 0 Å². The van der Waals surface area contributed by atoms with Gasteiger partial charge in [-0.15, -0.1) is 0 Å². The molecule has 0 spiro atoms. The van der Waals surface area contributed by atoms with Crippen LogP contribution < -0.4 is 16.4 Å². The third-order valence-corrected chi connectivity index (χ3v) is 3.68. The second-order valence-electron chi connectivity index (χ2n) is 5.19. The summed E-state index contributed by atoms with van der Waals surface area (Å²) in [5, 5.41) is 12.6. The average Bonchev–Trinajstić information content (AvgIpc) is 3.06. The van der Waals surface area contributed by atoms with Gasteiger partial charge in [0, 0.05) is 22.0 Å². The Balaban J connectivity index is 1.77. The molecule has 0 fully saturated rings. The highest BCUT2D eigenvalue weighted by Gasteiger charge is 2.15. The van der Waals surface area contributed by atoms with Gasteiger partial charge < -0.3 is 16.4 Å². The standard InChI is InChI=1S/C17H14ClN5O2/c18-11-3-1-10(2-4-11)15-14(9-20-23-15)16(24)21-12-5-7-13(8-6-12)22-17(19)25/h1-9H,(H,20,23)(H,21,24)(H3,19,22,25). The van der Waals surface area contributed by atoms with Gasteiger partial charge in [0.15, 0.2) is 0 Å². The molecule has 3 rings (SSSR count). The molecule has 5 N–H and O–H groups in total. The van der Waals surface area contributed by atoms with Crippen LogP contribution in [0.4, 0.5) is 16.2 Å². The van der Waals surface area contributed by atoms with Crippen LogP contribution in [0.25, 0.3) is 11.3 Å². The predicted octanol–water partition coefficient (Wildman–Crippen LogP) is 3.47. The highest BCUT2D eigenvalue weighted by molar-refractivity contribution is 6.30. The number of hydrogen-bond donors (Lipinski definition) is 4. The van der Waals surface area contributed by atoms with Gasteiger partial charge in [-0.05, 0) is 36.4 Å². The van der Waals surface area contributed by atoms with Crippen LogP contribution in [0.15, 0.2) is 54.7 Å². The second-order valence-corrected chi connectivity index (χ2v) is 5.62. The Morgan fingerprint density at radius 2 is 1.56 bits per heavy atom. The highest BCUT2D eigenvalue weighted by atomic mass is 35.5. The summed E-state index contributed by atoms with van der Waals surface area (Å²) < 4.78 is 0. The number of amides is 3. The summed E-state index contributed by atoms with van der Waals surface area (Å²) in [6.45, 7) is 0. The van der Waals surface area contributed by atoms with Crippen molar-refractivity contribution in [2.45, 2.75) is 0 Å². The minimum Gasteiger partial charge on any atom is -0.351 e. The number of nitrogens with zero attached hydrogens (tertiary/aromatic N) is 1. The van der Waals surface area contributed by atoms with Crippen LogP contribution in [-0.2, 0) is 0 Å². The van der Waals surface area contributed by atoms with Crippen molar-refractivity contribution in [2.24, 2.45) is 5.73 Å². The molecule has 1 heterocycles. The summed E-state index contributed by atoms with van der Waals surface area (Å²) in [4.78, 5) is 23.3. The van der Waals surface area contributed by atoms with E-state index in [1.54, 1.807) is 48.5 Å². The number of carbonyl (C=O) groups excluding carboxylic acids is 2. The zero-order valence-corrected chi connectivity index (χ0v) is 13.7. The highest BCUT2D eigenvalue weighted by Crippen LogP contribution is 2.24. The Labute approximate surface area is 148 Å². The molecule has 126 valence electrons. The maximum absolute atomic E-state index is 12.5. The molecule has 0 saturated heterocycles. The van der Waals surface area contributed by atoms with Gasteiger partial charge in [0.2, 0.25) is 0 Å². The van der Waals surface area contributed by atoms with Crippen molar-refractivity contribution in [1.29, 1.82) is 0 Å². The molecule has 0 aliphatic rings. The lowest BCUT2D eigenvalue weighted by molar-refractivity contribution is 0.102. The summed E-state index contributed by atoms with van der Waals surface area (Å²) in [5.41, 5.74) is 7.96. The second kappa shape index (κ2) is 7.06. The number of hydrogen-bond acceptors (Lipinski definition) is 3. The number of benzene rings is 2. The lowest BCUT2D eigenvalue weighted by Gasteiger charge is -2.07. The minimum absolute atomic E-state index is 0.311. The molecule has 8 heteroatoms. The summed E-state index contributed by atoms with van der Waals surface area (Å²) in [7, 11) is 0. The van der Waals surface area contributed by atoms with Crippen LogP contribution in [0, 0.1) is 0 Å². The van der Waals surface area contributed by atoms with Gasteiger partial charge in [0.05, 0.1) is 17.5 Å². The van der Waals surface area contributed by atoms with E-state index in [9.17, 15) is 9.59 Å². The van der Waals surface area contributed by atoms with Gasteiger partial charge in [0.25, 0.3) is 5.91 Å². The fourth-order valence-corrected chi connectivity index (χ4v) is 2.40. The number of carbonyl (C=O) groups is 2. The van der Waals surface area contributed by atoms with E-state index in [4.69, 9.17) is 17.3 Å². The molecule has 0 bridgehead atoms. The van der Waals surface area contributed by atoms with Crippen molar-refractivity contribution < 1.29 is 9.59 Å². The van der Waals surface area contributed by atoms with Gasteiger partial charge in [-0.2, -0.15) is 5.10 Å². The molecule has 2 aromatic carbocycles. The van der Waals surface area contributed by atoms with Crippen molar-refractivity contribution in [3.8, 4) is 11.3 Å². The van der Waals surface area contributed by atoms with Crippen molar-refractivity contribution in [3.05, 3.63) is 65.3 Å². The van der Waals surface area contributed by atoms with E-state index >= 15 is 0 Å². The lowest BCUT2D eigenvalue weighted by Crippen LogP contribution is -2.19. The van der Waals surface area contributed by atoms with E-state index < -0.39 is 6.03 Å². The molecule has 0 unspecified atom stereocenters. The molecule has 7 nitrogen and oxygen atoms in total. The topological polar surface area (TPSA) is 113 Å². The van der Waals surface area contributed by atoms with E-state index in [-0.39, 0.29) is 5.91 Å². The summed E-state index contributed by atoms with van der Waals surface area (Å²) in [6, 6.07) is 13.0. The maximum atomic E-state index is 12.5. The molecule has 25 heavy (non-hydrogen) atoms. The van der Waals surface area contributed by atoms with Crippen molar-refractivity contribution in [3.63, 3.8) is 0 Å². The molecule has 3 aromatic rings. The van der Waals surface area contributed by atoms with Crippen LogP contribution in [-0.4, -0.2) is 22.1 Å². The number of aromatic amines is 1. The smallest absolute Gasteiger partial charge is 0.316 e. The van der Waals surface area contributed by atoms with Gasteiger partial charge >= 0.3 is 6.03 Å². The summed E-state index contributed by atoms with van der Waals surface area (Å²) in [5.74, 6) is -0.311. The number of nitrogens with two attached hydrogens (primary N) is 1. The normalized spacial score (nSPS) is 10.3. The van der Waals surface area contributed by atoms with Crippen molar-refractivity contribution >= 4 is 34.9 Å². The number of H-pyrrole nitrogens is 1. The van der Waals surface area contributed by atoms with E-state index in [0.29, 0.717) is 27.7 Å². The van der Waals surface area contributed by atoms with Gasteiger partial charge in [-0.3, -0.25) is 9.89 Å². The fourth-order valence-electron chi connectivity index (χ4n) is 2.27. The summed E-state index contributed by atoms with van der Waals surface area (Å²) in [6.07, 6.45) is 1.46. The summed E-state index contributed by atoms with van der Waals surface area (Å²) >= 11 is 5.89. The molecule has 0 atom stereocenters. The van der Waals surface area contributed by atoms with Crippen molar-refractivity contribution in [2.75, 3.05) is 10.6 Å². The lowest BCUT2D eigenvalue weighted by atomic mass is 10.1. The molecule has 1 aromatic heterocycles. The predicted molar refractivity (Wildman–Crippen MR) is 96.6 cm³/mol. The molecule has 3 amide bonds. The van der Waals surface area contributed by atoms with Gasteiger partial charge in [-0.1, -0.05) is 23.7 Å². The Morgan fingerprint density at radius 3 is 2.16 bits per heavy atom. The van der Waals surface area contributed by atoms with Crippen LogP contribution in [0.5, 0.6) is 0 Å².